The normalized spacial score (nSPS) is 14.3. The third-order valence-corrected chi connectivity index (χ3v) is 4.51. The molecule has 0 radical (unpaired) electrons. The molecule has 1 heterocycles. The summed E-state index contributed by atoms with van der Waals surface area (Å²) in [5, 5.41) is 5.13. The molecule has 0 spiro atoms. The molecule has 0 bridgehead atoms. The van der Waals surface area contributed by atoms with E-state index in [1.165, 1.54) is 19.3 Å². The van der Waals surface area contributed by atoms with Gasteiger partial charge in [0.25, 0.3) is 0 Å². The van der Waals surface area contributed by atoms with Crippen molar-refractivity contribution in [3.63, 3.8) is 0 Å². The van der Waals surface area contributed by atoms with Gasteiger partial charge in [0.05, 0.1) is 0 Å². The first-order chi connectivity index (χ1) is 9.21. The number of aromatic nitrogens is 2. The van der Waals surface area contributed by atoms with Crippen molar-refractivity contribution >= 4 is 11.8 Å². The van der Waals surface area contributed by atoms with E-state index in [4.69, 9.17) is 0 Å². The monoisotopic (exact) mass is 281 g/mol. The van der Waals surface area contributed by atoms with Crippen LogP contribution in [0.4, 0.5) is 0 Å². The molecule has 4 heteroatoms. The van der Waals surface area contributed by atoms with E-state index in [1.807, 2.05) is 31.1 Å². The fourth-order valence-electron chi connectivity index (χ4n) is 2.09. The molecule has 19 heavy (non-hydrogen) atoms. The van der Waals surface area contributed by atoms with E-state index in [0.29, 0.717) is 11.3 Å². The van der Waals surface area contributed by atoms with E-state index in [-0.39, 0.29) is 0 Å². The molecule has 0 amide bonds. The average Bonchev–Trinajstić information content (AvgIpc) is 2.43. The van der Waals surface area contributed by atoms with Crippen molar-refractivity contribution in [1.29, 1.82) is 0 Å². The Labute approximate surface area is 122 Å². The largest absolute Gasteiger partial charge is 0.313 e. The zero-order valence-corrected chi connectivity index (χ0v) is 13.5. The van der Waals surface area contributed by atoms with Crippen LogP contribution in [0.5, 0.6) is 0 Å². The maximum atomic E-state index is 4.41. The Bertz CT molecular complexity index is 340. The van der Waals surface area contributed by atoms with Gasteiger partial charge in [0.2, 0.25) is 0 Å². The maximum Gasteiger partial charge on any atom is 0.187 e. The second-order valence-corrected chi connectivity index (χ2v) is 6.16. The summed E-state index contributed by atoms with van der Waals surface area (Å²) >= 11 is 1.81. The lowest BCUT2D eigenvalue weighted by Crippen LogP contribution is -2.38. The summed E-state index contributed by atoms with van der Waals surface area (Å²) in [6, 6.07) is 0.560. The van der Waals surface area contributed by atoms with Gasteiger partial charge in [-0.2, -0.15) is 0 Å². The molecular formula is C15H27N3S. The van der Waals surface area contributed by atoms with Gasteiger partial charge in [-0.25, -0.2) is 9.97 Å². The number of rotatable bonds is 9. The topological polar surface area (TPSA) is 37.8 Å². The standard InChI is InChI=1S/C15H27N3S/c1-5-8-13(16-9-6-2)14(7-3)19-15-17-10-12(4)11-18-15/h10-11,13-14,16H,5-9H2,1-4H3. The number of nitrogens with one attached hydrogen (secondary N) is 1. The van der Waals surface area contributed by atoms with Gasteiger partial charge in [-0.05, 0) is 38.3 Å². The first-order valence-electron chi connectivity index (χ1n) is 7.39. The molecule has 0 fully saturated rings. The van der Waals surface area contributed by atoms with E-state index in [2.05, 4.69) is 36.1 Å². The number of thioether (sulfide) groups is 1. The van der Waals surface area contributed by atoms with Crippen molar-refractivity contribution < 1.29 is 0 Å². The Morgan fingerprint density at radius 3 is 2.37 bits per heavy atom. The highest BCUT2D eigenvalue weighted by Gasteiger charge is 2.20. The zero-order valence-electron chi connectivity index (χ0n) is 12.6. The zero-order chi connectivity index (χ0) is 14.1. The van der Waals surface area contributed by atoms with Crippen molar-refractivity contribution in [2.75, 3.05) is 6.54 Å². The molecule has 1 N–H and O–H groups in total. The second kappa shape index (κ2) is 9.32. The molecule has 1 aromatic rings. The number of aryl methyl sites for hydroxylation is 1. The van der Waals surface area contributed by atoms with E-state index >= 15 is 0 Å². The summed E-state index contributed by atoms with van der Waals surface area (Å²) in [5.74, 6) is 0. The Morgan fingerprint density at radius 1 is 1.16 bits per heavy atom. The highest BCUT2D eigenvalue weighted by Crippen LogP contribution is 2.26. The van der Waals surface area contributed by atoms with Crippen molar-refractivity contribution in [1.82, 2.24) is 15.3 Å². The van der Waals surface area contributed by atoms with Crippen LogP contribution in [0.25, 0.3) is 0 Å². The van der Waals surface area contributed by atoms with Crippen molar-refractivity contribution in [2.45, 2.75) is 69.8 Å². The molecule has 2 atom stereocenters. The van der Waals surface area contributed by atoms with Gasteiger partial charge in [0, 0.05) is 23.7 Å². The minimum atomic E-state index is 0.550. The van der Waals surface area contributed by atoms with Crippen LogP contribution in [0, 0.1) is 6.92 Å². The van der Waals surface area contributed by atoms with Crippen LogP contribution in [-0.4, -0.2) is 27.8 Å². The van der Waals surface area contributed by atoms with Crippen molar-refractivity contribution in [3.8, 4) is 0 Å². The molecule has 2 unspecified atom stereocenters. The van der Waals surface area contributed by atoms with Crippen LogP contribution < -0.4 is 5.32 Å². The fourth-order valence-corrected chi connectivity index (χ4v) is 3.15. The Hall–Kier alpha value is -0.610. The lowest BCUT2D eigenvalue weighted by atomic mass is 10.1. The predicted octanol–water partition coefficient (Wildman–Crippen LogP) is 3.82. The van der Waals surface area contributed by atoms with Gasteiger partial charge in [-0.1, -0.05) is 39.0 Å². The molecule has 0 aliphatic heterocycles. The maximum absolute atomic E-state index is 4.41. The summed E-state index contributed by atoms with van der Waals surface area (Å²) in [7, 11) is 0. The SMILES string of the molecule is CCCNC(CCC)C(CC)Sc1ncc(C)cn1. The third-order valence-electron chi connectivity index (χ3n) is 3.12. The first kappa shape index (κ1) is 16.4. The van der Waals surface area contributed by atoms with Gasteiger partial charge in [-0.15, -0.1) is 0 Å². The lowest BCUT2D eigenvalue weighted by Gasteiger charge is -2.26. The van der Waals surface area contributed by atoms with Gasteiger partial charge in [0.15, 0.2) is 5.16 Å². The van der Waals surface area contributed by atoms with Crippen LogP contribution >= 0.6 is 11.8 Å². The summed E-state index contributed by atoms with van der Waals surface area (Å²) in [6.45, 7) is 9.83. The molecule has 0 aliphatic carbocycles. The Morgan fingerprint density at radius 2 is 1.84 bits per heavy atom. The highest BCUT2D eigenvalue weighted by atomic mass is 32.2. The van der Waals surface area contributed by atoms with Crippen LogP contribution in [-0.2, 0) is 0 Å². The third kappa shape index (κ3) is 5.91. The smallest absolute Gasteiger partial charge is 0.187 e. The molecule has 1 rings (SSSR count). The number of hydrogen-bond acceptors (Lipinski definition) is 4. The number of hydrogen-bond donors (Lipinski definition) is 1. The van der Waals surface area contributed by atoms with Crippen LogP contribution in [0.2, 0.25) is 0 Å². The lowest BCUT2D eigenvalue weighted by molar-refractivity contribution is 0.454. The van der Waals surface area contributed by atoms with Gasteiger partial charge < -0.3 is 5.32 Å². The van der Waals surface area contributed by atoms with Crippen LogP contribution in [0.3, 0.4) is 0 Å². The summed E-state index contributed by atoms with van der Waals surface area (Å²) in [5.41, 5.74) is 1.12. The van der Waals surface area contributed by atoms with E-state index in [0.717, 1.165) is 23.7 Å². The van der Waals surface area contributed by atoms with Gasteiger partial charge in [-0.3, -0.25) is 0 Å². The molecule has 108 valence electrons. The second-order valence-electron chi connectivity index (χ2n) is 4.96. The summed E-state index contributed by atoms with van der Waals surface area (Å²) in [4.78, 5) is 8.83. The Balaban J connectivity index is 2.64. The predicted molar refractivity (Wildman–Crippen MR) is 83.7 cm³/mol. The molecule has 0 aromatic carbocycles. The average molecular weight is 281 g/mol. The van der Waals surface area contributed by atoms with Crippen molar-refractivity contribution in [3.05, 3.63) is 18.0 Å². The Kier molecular flexibility index (Phi) is 8.07. The molecule has 0 saturated heterocycles. The van der Waals surface area contributed by atoms with Gasteiger partial charge >= 0.3 is 0 Å². The molecule has 1 aromatic heterocycles. The highest BCUT2D eigenvalue weighted by molar-refractivity contribution is 7.99. The van der Waals surface area contributed by atoms with Crippen LogP contribution in [0.15, 0.2) is 17.6 Å². The molecule has 0 aliphatic rings. The molecule has 0 saturated carbocycles. The molecular weight excluding hydrogens is 254 g/mol. The van der Waals surface area contributed by atoms with Crippen LogP contribution in [0.1, 0.15) is 52.0 Å². The summed E-state index contributed by atoms with van der Waals surface area (Å²) in [6.07, 6.45) is 8.56. The molecule has 3 nitrogen and oxygen atoms in total. The number of nitrogens with zero attached hydrogens (tertiary/aromatic N) is 2. The minimum Gasteiger partial charge on any atom is -0.313 e. The quantitative estimate of drug-likeness (QED) is 0.551. The summed E-state index contributed by atoms with van der Waals surface area (Å²) < 4.78 is 0. The first-order valence-corrected chi connectivity index (χ1v) is 8.27. The fraction of sp³-hybridized carbons (Fsp3) is 0.733. The van der Waals surface area contributed by atoms with Gasteiger partial charge in [0.1, 0.15) is 0 Å². The van der Waals surface area contributed by atoms with E-state index < -0.39 is 0 Å². The van der Waals surface area contributed by atoms with Crippen molar-refractivity contribution in [2.24, 2.45) is 0 Å². The minimum absolute atomic E-state index is 0.550. The van der Waals surface area contributed by atoms with E-state index in [9.17, 15) is 0 Å². The van der Waals surface area contributed by atoms with E-state index in [1.54, 1.807) is 0 Å².